The molecule has 3 rings (SSSR count). The molecule has 2 atom stereocenters. The Labute approximate surface area is 168 Å². The van der Waals surface area contributed by atoms with Crippen LogP contribution in [0.1, 0.15) is 39.5 Å². The zero-order valence-electron chi connectivity index (χ0n) is 16.9. The fraction of sp³-hybridized carbons (Fsp3) is 0.700. The number of likely N-dealkylation sites (tertiary alicyclic amines) is 1. The van der Waals surface area contributed by atoms with Crippen molar-refractivity contribution in [2.24, 2.45) is 11.8 Å². The van der Waals surface area contributed by atoms with E-state index in [4.69, 9.17) is 0 Å². The Morgan fingerprint density at radius 3 is 2.68 bits per heavy atom. The van der Waals surface area contributed by atoms with Crippen LogP contribution in [0.5, 0.6) is 0 Å². The van der Waals surface area contributed by atoms with Gasteiger partial charge < -0.3 is 10.2 Å². The molecule has 1 aromatic heterocycles. The SMILES string of the molecule is C[C@H]1CCCN(C[C@H](C)NC(=O)C2CCN(S(=O)(=O)c3cccnc3)CC2)C1. The normalized spacial score (nSPS) is 24.0. The van der Waals surface area contributed by atoms with E-state index in [1.54, 1.807) is 18.3 Å². The molecule has 7 nitrogen and oxygen atoms in total. The Bertz CT molecular complexity index is 748. The predicted octanol–water partition coefficient (Wildman–Crippen LogP) is 1.72. The largest absolute Gasteiger partial charge is 0.352 e. The molecule has 0 bridgehead atoms. The molecule has 2 fully saturated rings. The van der Waals surface area contributed by atoms with Gasteiger partial charge in [0, 0.05) is 50.5 Å². The van der Waals surface area contributed by atoms with Gasteiger partial charge in [0.1, 0.15) is 4.90 Å². The van der Waals surface area contributed by atoms with Crippen LogP contribution in [-0.4, -0.2) is 67.3 Å². The third-order valence-corrected chi connectivity index (χ3v) is 7.64. The maximum Gasteiger partial charge on any atom is 0.244 e. The molecule has 0 aromatic carbocycles. The fourth-order valence-corrected chi connectivity index (χ4v) is 5.69. The van der Waals surface area contributed by atoms with E-state index < -0.39 is 10.0 Å². The summed E-state index contributed by atoms with van der Waals surface area (Å²) in [5.74, 6) is 0.654. The summed E-state index contributed by atoms with van der Waals surface area (Å²) in [4.78, 5) is 19.2. The predicted molar refractivity (Wildman–Crippen MR) is 108 cm³/mol. The molecular weight excluding hydrogens is 376 g/mol. The van der Waals surface area contributed by atoms with Gasteiger partial charge in [-0.25, -0.2) is 8.42 Å². The number of carbonyl (C=O) groups excluding carboxylic acids is 1. The van der Waals surface area contributed by atoms with Crippen molar-refractivity contribution in [2.75, 3.05) is 32.7 Å². The van der Waals surface area contributed by atoms with E-state index in [-0.39, 0.29) is 22.8 Å². The Kier molecular flexibility index (Phi) is 7.06. The molecule has 156 valence electrons. The first-order valence-corrected chi connectivity index (χ1v) is 11.7. The van der Waals surface area contributed by atoms with Crippen molar-refractivity contribution in [3.63, 3.8) is 0 Å². The number of nitrogens with zero attached hydrogens (tertiary/aromatic N) is 3. The van der Waals surface area contributed by atoms with Crippen molar-refractivity contribution in [3.05, 3.63) is 24.5 Å². The minimum atomic E-state index is -3.53. The highest BCUT2D eigenvalue weighted by atomic mass is 32.2. The van der Waals surface area contributed by atoms with Crippen molar-refractivity contribution < 1.29 is 13.2 Å². The van der Waals surface area contributed by atoms with Gasteiger partial charge in [-0.05, 0) is 57.2 Å². The van der Waals surface area contributed by atoms with Crippen molar-refractivity contribution in [3.8, 4) is 0 Å². The summed E-state index contributed by atoms with van der Waals surface area (Å²) in [6.45, 7) is 8.16. The number of hydrogen-bond acceptors (Lipinski definition) is 5. The monoisotopic (exact) mass is 408 g/mol. The van der Waals surface area contributed by atoms with E-state index in [1.165, 1.54) is 23.3 Å². The van der Waals surface area contributed by atoms with Crippen LogP contribution < -0.4 is 5.32 Å². The molecule has 0 radical (unpaired) electrons. The zero-order chi connectivity index (χ0) is 20.1. The number of piperidine rings is 2. The molecule has 1 aromatic rings. The van der Waals surface area contributed by atoms with Gasteiger partial charge in [0.2, 0.25) is 15.9 Å². The summed E-state index contributed by atoms with van der Waals surface area (Å²) < 4.78 is 26.8. The molecule has 2 aliphatic rings. The van der Waals surface area contributed by atoms with Gasteiger partial charge in [-0.1, -0.05) is 6.92 Å². The van der Waals surface area contributed by atoms with E-state index in [0.29, 0.717) is 25.9 Å². The number of aromatic nitrogens is 1. The number of amides is 1. The highest BCUT2D eigenvalue weighted by molar-refractivity contribution is 7.89. The van der Waals surface area contributed by atoms with Crippen molar-refractivity contribution in [1.29, 1.82) is 0 Å². The average molecular weight is 409 g/mol. The molecule has 1 N–H and O–H groups in total. The Morgan fingerprint density at radius 2 is 2.04 bits per heavy atom. The van der Waals surface area contributed by atoms with Gasteiger partial charge in [0.05, 0.1) is 0 Å². The molecule has 3 heterocycles. The molecule has 0 unspecified atom stereocenters. The first kappa shape index (κ1) is 21.2. The number of carbonyl (C=O) groups is 1. The lowest BCUT2D eigenvalue weighted by Gasteiger charge is -2.34. The molecule has 2 saturated heterocycles. The van der Waals surface area contributed by atoms with Crippen LogP contribution in [0.2, 0.25) is 0 Å². The maximum absolute atomic E-state index is 12.7. The van der Waals surface area contributed by atoms with E-state index in [0.717, 1.165) is 25.6 Å². The smallest absolute Gasteiger partial charge is 0.244 e. The molecule has 0 aliphatic carbocycles. The van der Waals surface area contributed by atoms with E-state index in [9.17, 15) is 13.2 Å². The molecule has 28 heavy (non-hydrogen) atoms. The average Bonchev–Trinajstić information content (AvgIpc) is 2.68. The second kappa shape index (κ2) is 9.33. The first-order valence-electron chi connectivity index (χ1n) is 10.3. The van der Waals surface area contributed by atoms with Crippen molar-refractivity contribution in [2.45, 2.75) is 50.5 Å². The molecular formula is C20H32N4O3S. The minimum absolute atomic E-state index is 0.0518. The highest BCUT2D eigenvalue weighted by Gasteiger charge is 2.32. The molecule has 1 amide bonds. The van der Waals surface area contributed by atoms with Crippen LogP contribution in [0.4, 0.5) is 0 Å². The highest BCUT2D eigenvalue weighted by Crippen LogP contribution is 2.23. The summed E-state index contributed by atoms with van der Waals surface area (Å²) in [7, 11) is -3.53. The van der Waals surface area contributed by atoms with Crippen LogP contribution in [0.25, 0.3) is 0 Å². The molecule has 8 heteroatoms. The lowest BCUT2D eigenvalue weighted by Crippen LogP contribution is -2.48. The summed E-state index contributed by atoms with van der Waals surface area (Å²) in [6, 6.07) is 3.29. The van der Waals surface area contributed by atoms with Crippen molar-refractivity contribution in [1.82, 2.24) is 19.5 Å². The van der Waals surface area contributed by atoms with Crippen LogP contribution in [0, 0.1) is 11.8 Å². The Balaban J connectivity index is 1.47. The quantitative estimate of drug-likeness (QED) is 0.775. The van der Waals surface area contributed by atoms with Gasteiger partial charge in [-0.15, -0.1) is 0 Å². The topological polar surface area (TPSA) is 82.6 Å². The van der Waals surface area contributed by atoms with Gasteiger partial charge in [-0.2, -0.15) is 4.31 Å². The number of rotatable bonds is 6. The third kappa shape index (κ3) is 5.30. The van der Waals surface area contributed by atoms with E-state index in [1.807, 2.05) is 0 Å². The van der Waals surface area contributed by atoms with Crippen LogP contribution in [0.15, 0.2) is 29.4 Å². The van der Waals surface area contributed by atoms with Gasteiger partial charge in [-0.3, -0.25) is 9.78 Å². The van der Waals surface area contributed by atoms with E-state index in [2.05, 4.69) is 29.0 Å². The van der Waals surface area contributed by atoms with Gasteiger partial charge in [0.15, 0.2) is 0 Å². The maximum atomic E-state index is 12.7. The Hall–Kier alpha value is -1.51. The summed E-state index contributed by atoms with van der Waals surface area (Å²) in [5.41, 5.74) is 0. The Morgan fingerprint density at radius 1 is 1.29 bits per heavy atom. The van der Waals surface area contributed by atoms with Gasteiger partial charge >= 0.3 is 0 Å². The van der Waals surface area contributed by atoms with Crippen molar-refractivity contribution >= 4 is 15.9 Å². The number of sulfonamides is 1. The van der Waals surface area contributed by atoms with E-state index >= 15 is 0 Å². The lowest BCUT2D eigenvalue weighted by molar-refractivity contribution is -0.126. The van der Waals surface area contributed by atoms with Crippen LogP contribution in [-0.2, 0) is 14.8 Å². The number of hydrogen-bond donors (Lipinski definition) is 1. The second-order valence-electron chi connectivity index (χ2n) is 8.28. The molecule has 0 saturated carbocycles. The number of nitrogens with one attached hydrogen (secondary N) is 1. The summed E-state index contributed by atoms with van der Waals surface area (Å²) in [6.07, 6.45) is 6.56. The summed E-state index contributed by atoms with van der Waals surface area (Å²) >= 11 is 0. The van der Waals surface area contributed by atoms with Gasteiger partial charge in [0.25, 0.3) is 0 Å². The lowest BCUT2D eigenvalue weighted by atomic mass is 9.96. The molecule has 2 aliphatic heterocycles. The number of pyridine rings is 1. The molecule has 0 spiro atoms. The standard InChI is InChI=1S/C20H32N4O3S/c1-16-5-4-10-23(14-16)15-17(2)22-20(25)18-7-11-24(12-8-18)28(26,27)19-6-3-9-21-13-19/h3,6,9,13,16-18H,4-5,7-8,10-12,14-15H2,1-2H3,(H,22,25)/t16-,17-/m0/s1. The van der Waals surface area contributed by atoms with Crippen LogP contribution >= 0.6 is 0 Å². The van der Waals surface area contributed by atoms with Crippen LogP contribution in [0.3, 0.4) is 0 Å². The second-order valence-corrected chi connectivity index (χ2v) is 10.2. The third-order valence-electron chi connectivity index (χ3n) is 5.76. The first-order chi connectivity index (χ1) is 13.4. The fourth-order valence-electron chi connectivity index (χ4n) is 4.25. The minimum Gasteiger partial charge on any atom is -0.352 e. The zero-order valence-corrected chi connectivity index (χ0v) is 17.7. The summed E-state index contributed by atoms with van der Waals surface area (Å²) in [5, 5.41) is 3.14.